The maximum Gasteiger partial charge on any atom is 0.0704 e. The molecule has 23 heavy (non-hydrogen) atoms. The van der Waals surface area contributed by atoms with E-state index in [0.29, 0.717) is 5.41 Å². The van der Waals surface area contributed by atoms with E-state index in [4.69, 9.17) is 0 Å². The number of hydrogen-bond donors (Lipinski definition) is 0. The summed E-state index contributed by atoms with van der Waals surface area (Å²) in [7, 11) is 0. The molecule has 1 aromatic heterocycles. The van der Waals surface area contributed by atoms with Crippen molar-refractivity contribution in [1.82, 2.24) is 0 Å². The van der Waals surface area contributed by atoms with Crippen LogP contribution in [-0.2, 0) is 10.8 Å². The van der Waals surface area contributed by atoms with Gasteiger partial charge in [-0.2, -0.15) is 0 Å². The first kappa shape index (κ1) is 17.0. The minimum absolute atomic E-state index is 0.272. The zero-order valence-corrected chi connectivity index (χ0v) is 17.1. The molecule has 0 spiro atoms. The van der Waals surface area contributed by atoms with Gasteiger partial charge in [-0.25, -0.2) is 0 Å². The summed E-state index contributed by atoms with van der Waals surface area (Å²) >= 11 is 5.35. The molecule has 1 heterocycles. The highest BCUT2D eigenvalue weighted by atomic mass is 79.9. The first-order valence-electron chi connectivity index (χ1n) is 8.28. The van der Waals surface area contributed by atoms with Gasteiger partial charge in [0.25, 0.3) is 0 Å². The summed E-state index contributed by atoms with van der Waals surface area (Å²) in [6.45, 7) is 11.7. The molecule has 0 atom stereocenters. The highest BCUT2D eigenvalue weighted by Crippen LogP contribution is 2.46. The van der Waals surface area contributed by atoms with Crippen LogP contribution in [-0.4, -0.2) is 0 Å². The number of thiophene rings is 1. The molecule has 2 aromatic rings. The van der Waals surface area contributed by atoms with E-state index >= 15 is 0 Å². The molecule has 3 rings (SSSR count). The first-order chi connectivity index (χ1) is 10.7. The summed E-state index contributed by atoms with van der Waals surface area (Å²) in [5, 5.41) is 0. The summed E-state index contributed by atoms with van der Waals surface area (Å²) in [6, 6.07) is 11.4. The fourth-order valence-electron chi connectivity index (χ4n) is 3.54. The van der Waals surface area contributed by atoms with Crippen LogP contribution in [0.1, 0.15) is 69.0 Å². The van der Waals surface area contributed by atoms with Crippen molar-refractivity contribution in [2.75, 3.05) is 0 Å². The molecule has 0 saturated carbocycles. The lowest BCUT2D eigenvalue weighted by atomic mass is 9.63. The Labute approximate surface area is 152 Å². The van der Waals surface area contributed by atoms with Crippen molar-refractivity contribution in [2.24, 2.45) is 0 Å². The van der Waals surface area contributed by atoms with Gasteiger partial charge in [0.05, 0.1) is 3.79 Å². The number of allylic oxidation sites excluding steroid dienone is 1. The van der Waals surface area contributed by atoms with E-state index in [1.807, 2.05) is 0 Å². The minimum Gasteiger partial charge on any atom is -0.129 e. The lowest BCUT2D eigenvalue weighted by Crippen LogP contribution is -2.33. The molecule has 2 heteroatoms. The fraction of sp³-hybridized carbons (Fsp3) is 0.429. The second kappa shape index (κ2) is 5.89. The standard InChI is InChI=1S/C21H25BrS/c1-14(18-8-9-19(22)23-18)12-15-6-7-16-17(13-15)21(4,5)11-10-20(16,2)3/h6-9,12-13H,10-11H2,1-5H3. The van der Waals surface area contributed by atoms with E-state index in [1.54, 1.807) is 11.3 Å². The average molecular weight is 389 g/mol. The van der Waals surface area contributed by atoms with Gasteiger partial charge in [0.15, 0.2) is 0 Å². The Hall–Kier alpha value is -0.860. The van der Waals surface area contributed by atoms with E-state index < -0.39 is 0 Å². The smallest absolute Gasteiger partial charge is 0.0704 e. The summed E-state index contributed by atoms with van der Waals surface area (Å²) in [4.78, 5) is 1.33. The Bertz CT molecular complexity index is 762. The Balaban J connectivity index is 2.03. The molecule has 0 nitrogen and oxygen atoms in total. The van der Waals surface area contributed by atoms with E-state index in [9.17, 15) is 0 Å². The number of benzene rings is 1. The Kier molecular flexibility index (Phi) is 4.35. The van der Waals surface area contributed by atoms with Crippen LogP contribution in [0.25, 0.3) is 11.6 Å². The van der Waals surface area contributed by atoms with Crippen molar-refractivity contribution >= 4 is 38.9 Å². The predicted molar refractivity (Wildman–Crippen MR) is 107 cm³/mol. The van der Waals surface area contributed by atoms with Gasteiger partial charge >= 0.3 is 0 Å². The molecule has 0 aliphatic heterocycles. The van der Waals surface area contributed by atoms with Gasteiger partial charge in [0.2, 0.25) is 0 Å². The average Bonchev–Trinajstić information content (AvgIpc) is 2.91. The lowest BCUT2D eigenvalue weighted by molar-refractivity contribution is 0.332. The third kappa shape index (κ3) is 3.34. The summed E-state index contributed by atoms with van der Waals surface area (Å²) in [6.07, 6.45) is 4.84. The molecule has 122 valence electrons. The van der Waals surface area contributed by atoms with Crippen LogP contribution in [0.2, 0.25) is 0 Å². The molecular weight excluding hydrogens is 364 g/mol. The monoisotopic (exact) mass is 388 g/mol. The van der Waals surface area contributed by atoms with Crippen molar-refractivity contribution in [3.8, 4) is 0 Å². The molecule has 0 N–H and O–H groups in total. The molecule has 0 fully saturated rings. The maximum absolute atomic E-state index is 3.55. The van der Waals surface area contributed by atoms with Gasteiger partial charge < -0.3 is 0 Å². The normalized spacial score (nSPS) is 19.5. The number of rotatable bonds is 2. The van der Waals surface area contributed by atoms with Gasteiger partial charge in [-0.3, -0.25) is 0 Å². The number of hydrogen-bond acceptors (Lipinski definition) is 1. The molecule has 0 unspecified atom stereocenters. The topological polar surface area (TPSA) is 0 Å². The van der Waals surface area contributed by atoms with Crippen molar-refractivity contribution in [2.45, 2.75) is 58.3 Å². The van der Waals surface area contributed by atoms with Gasteiger partial charge in [-0.1, -0.05) is 52.0 Å². The van der Waals surface area contributed by atoms with E-state index in [-0.39, 0.29) is 5.41 Å². The second-order valence-electron chi connectivity index (χ2n) is 8.00. The quantitative estimate of drug-likeness (QED) is 0.501. The molecule has 1 aromatic carbocycles. The van der Waals surface area contributed by atoms with E-state index in [2.05, 4.69) is 87.0 Å². The minimum atomic E-state index is 0.272. The zero-order chi connectivity index (χ0) is 16.8. The third-order valence-electron chi connectivity index (χ3n) is 5.22. The Morgan fingerprint density at radius 3 is 2.26 bits per heavy atom. The third-order valence-corrected chi connectivity index (χ3v) is 6.98. The van der Waals surface area contributed by atoms with Gasteiger partial charge in [0, 0.05) is 4.88 Å². The van der Waals surface area contributed by atoms with Crippen molar-refractivity contribution < 1.29 is 0 Å². The van der Waals surface area contributed by atoms with Crippen molar-refractivity contribution in [1.29, 1.82) is 0 Å². The van der Waals surface area contributed by atoms with Gasteiger partial charge in [-0.05, 0) is 80.9 Å². The van der Waals surface area contributed by atoms with Crippen LogP contribution in [0, 0.1) is 0 Å². The Morgan fingerprint density at radius 1 is 1.00 bits per heavy atom. The largest absolute Gasteiger partial charge is 0.129 e. The number of fused-ring (bicyclic) bond motifs is 1. The van der Waals surface area contributed by atoms with E-state index in [0.717, 1.165) is 0 Å². The van der Waals surface area contributed by atoms with Crippen LogP contribution in [0.5, 0.6) is 0 Å². The van der Waals surface area contributed by atoms with Crippen LogP contribution >= 0.6 is 27.3 Å². The predicted octanol–water partition coefficient (Wildman–Crippen LogP) is 7.42. The molecule has 0 saturated heterocycles. The van der Waals surface area contributed by atoms with Gasteiger partial charge in [-0.15, -0.1) is 11.3 Å². The first-order valence-corrected chi connectivity index (χ1v) is 9.89. The fourth-order valence-corrected chi connectivity index (χ4v) is 4.90. The van der Waals surface area contributed by atoms with Crippen LogP contribution in [0.3, 0.4) is 0 Å². The van der Waals surface area contributed by atoms with Crippen LogP contribution in [0.4, 0.5) is 0 Å². The molecular formula is C21H25BrS. The zero-order valence-electron chi connectivity index (χ0n) is 14.7. The Morgan fingerprint density at radius 2 is 1.65 bits per heavy atom. The highest BCUT2D eigenvalue weighted by Gasteiger charge is 2.36. The summed E-state index contributed by atoms with van der Waals surface area (Å²) in [5.41, 5.74) is 6.27. The summed E-state index contributed by atoms with van der Waals surface area (Å²) < 4.78 is 1.19. The van der Waals surface area contributed by atoms with Gasteiger partial charge in [0.1, 0.15) is 0 Å². The van der Waals surface area contributed by atoms with Crippen molar-refractivity contribution in [3.63, 3.8) is 0 Å². The lowest BCUT2D eigenvalue weighted by Gasteiger charge is -2.42. The van der Waals surface area contributed by atoms with Crippen LogP contribution < -0.4 is 0 Å². The highest BCUT2D eigenvalue weighted by molar-refractivity contribution is 9.11. The number of halogens is 1. The van der Waals surface area contributed by atoms with E-state index in [1.165, 1.54) is 43.8 Å². The van der Waals surface area contributed by atoms with Crippen LogP contribution in [0.15, 0.2) is 34.1 Å². The maximum atomic E-state index is 3.55. The second-order valence-corrected chi connectivity index (χ2v) is 10.5. The summed E-state index contributed by atoms with van der Waals surface area (Å²) in [5.74, 6) is 0. The molecule has 0 amide bonds. The molecule has 1 aliphatic rings. The molecule has 0 bridgehead atoms. The SMILES string of the molecule is CC(=Cc1ccc2c(c1)C(C)(C)CCC2(C)C)c1ccc(Br)s1. The molecule has 1 aliphatic carbocycles. The molecule has 0 radical (unpaired) electrons. The van der Waals surface area contributed by atoms with Crippen molar-refractivity contribution in [3.05, 3.63) is 55.7 Å².